The molecule has 0 aromatic heterocycles. The molecule has 1 fully saturated rings. The number of hydrogen-bond acceptors (Lipinski definition) is 6. The summed E-state index contributed by atoms with van der Waals surface area (Å²) in [4.78, 5) is 43.7. The van der Waals surface area contributed by atoms with Gasteiger partial charge in [0.1, 0.15) is 0 Å². The van der Waals surface area contributed by atoms with E-state index in [9.17, 15) is 29.8 Å². The van der Waals surface area contributed by atoms with Gasteiger partial charge in [-0.1, -0.05) is 0 Å². The molecule has 0 unspecified atom stereocenters. The number of anilines is 1. The van der Waals surface area contributed by atoms with Gasteiger partial charge in [0.2, 0.25) is 11.6 Å². The summed E-state index contributed by atoms with van der Waals surface area (Å²) in [5.41, 5.74) is -1.58. The Hall–Kier alpha value is -2.84. The molecule has 0 aliphatic carbocycles. The average molecular weight is 265 g/mol. The van der Waals surface area contributed by atoms with Crippen LogP contribution in [0.25, 0.3) is 0 Å². The van der Waals surface area contributed by atoms with E-state index < -0.39 is 45.0 Å². The predicted molar refractivity (Wildman–Crippen MR) is 61.7 cm³/mol. The second kappa shape index (κ2) is 4.44. The number of ketones is 1. The minimum Gasteiger partial charge on any atom is -0.297 e. The predicted octanol–water partition coefficient (Wildman–Crippen LogP) is 0.809. The van der Waals surface area contributed by atoms with Crippen molar-refractivity contribution in [2.75, 3.05) is 11.4 Å². The zero-order valence-electron chi connectivity index (χ0n) is 9.44. The van der Waals surface area contributed by atoms with E-state index in [-0.39, 0.29) is 6.54 Å². The number of carbonyl (C=O) groups is 2. The van der Waals surface area contributed by atoms with E-state index in [1.807, 2.05) is 0 Å². The third kappa shape index (κ3) is 2.12. The van der Waals surface area contributed by atoms with Crippen LogP contribution in [0.4, 0.5) is 17.1 Å². The topological polar surface area (TPSA) is 124 Å². The molecule has 0 atom stereocenters. The van der Waals surface area contributed by atoms with Crippen molar-refractivity contribution in [1.29, 1.82) is 0 Å². The molecule has 1 amide bonds. The van der Waals surface area contributed by atoms with Gasteiger partial charge in [-0.05, 0) is 6.07 Å². The molecule has 0 spiro atoms. The van der Waals surface area contributed by atoms with Crippen molar-refractivity contribution in [3.05, 3.63) is 38.4 Å². The van der Waals surface area contributed by atoms with Gasteiger partial charge in [-0.3, -0.25) is 34.7 Å². The molecule has 0 N–H and O–H groups in total. The summed E-state index contributed by atoms with van der Waals surface area (Å²) in [6.45, 7) is -0.384. The van der Waals surface area contributed by atoms with E-state index in [1.54, 1.807) is 0 Å². The van der Waals surface area contributed by atoms with Crippen molar-refractivity contribution in [1.82, 2.24) is 0 Å². The number of Topliss-reactive ketones (excluding diaryl/α,β-unsaturated/α-hetero) is 1. The van der Waals surface area contributed by atoms with Crippen LogP contribution in [0.1, 0.15) is 6.42 Å². The lowest BCUT2D eigenvalue weighted by molar-refractivity contribution is -0.392. The molecule has 9 heteroatoms. The molecule has 0 saturated carbocycles. The number of hydrogen-bond donors (Lipinski definition) is 0. The molecule has 1 aromatic carbocycles. The maximum Gasteiger partial charge on any atom is 0.300 e. The number of nitro groups is 2. The summed E-state index contributed by atoms with van der Waals surface area (Å²) in [7, 11) is 0. The first-order valence-electron chi connectivity index (χ1n) is 5.15. The summed E-state index contributed by atoms with van der Waals surface area (Å²) >= 11 is 0. The zero-order chi connectivity index (χ0) is 14.2. The van der Waals surface area contributed by atoms with Crippen LogP contribution in [-0.2, 0) is 9.59 Å². The van der Waals surface area contributed by atoms with Gasteiger partial charge in [0.05, 0.1) is 22.8 Å². The van der Waals surface area contributed by atoms with Crippen LogP contribution in [0, 0.1) is 20.2 Å². The monoisotopic (exact) mass is 265 g/mol. The lowest BCUT2D eigenvalue weighted by Crippen LogP contribution is -2.26. The molecule has 0 radical (unpaired) electrons. The Morgan fingerprint density at radius 3 is 1.95 bits per heavy atom. The van der Waals surface area contributed by atoms with Crippen LogP contribution in [0.15, 0.2) is 18.2 Å². The Labute approximate surface area is 105 Å². The molecular weight excluding hydrogens is 258 g/mol. The largest absolute Gasteiger partial charge is 0.300 e. The quantitative estimate of drug-likeness (QED) is 0.452. The van der Waals surface area contributed by atoms with Crippen LogP contribution >= 0.6 is 0 Å². The molecule has 1 aliphatic heterocycles. The third-order valence-corrected chi connectivity index (χ3v) is 2.64. The fourth-order valence-electron chi connectivity index (χ4n) is 1.88. The Kier molecular flexibility index (Phi) is 2.95. The molecule has 19 heavy (non-hydrogen) atoms. The number of nitrogens with zero attached hydrogens (tertiary/aromatic N) is 3. The van der Waals surface area contributed by atoms with Gasteiger partial charge in [0.25, 0.3) is 11.4 Å². The van der Waals surface area contributed by atoms with Crippen LogP contribution in [0.3, 0.4) is 0 Å². The number of para-hydroxylation sites is 1. The number of benzene rings is 1. The van der Waals surface area contributed by atoms with Gasteiger partial charge in [-0.25, -0.2) is 0 Å². The van der Waals surface area contributed by atoms with Gasteiger partial charge in [-0.15, -0.1) is 0 Å². The average Bonchev–Trinajstić information content (AvgIpc) is 2.67. The van der Waals surface area contributed by atoms with E-state index in [1.165, 1.54) is 0 Å². The highest BCUT2D eigenvalue weighted by atomic mass is 16.6. The van der Waals surface area contributed by atoms with Crippen molar-refractivity contribution in [2.24, 2.45) is 0 Å². The molecule has 1 heterocycles. The van der Waals surface area contributed by atoms with Crippen LogP contribution in [0.5, 0.6) is 0 Å². The highest BCUT2D eigenvalue weighted by molar-refractivity contribution is 6.16. The summed E-state index contributed by atoms with van der Waals surface area (Å²) in [5, 5.41) is 21.8. The van der Waals surface area contributed by atoms with Gasteiger partial charge in [0.15, 0.2) is 5.78 Å². The molecule has 1 aliphatic rings. The van der Waals surface area contributed by atoms with Crippen LogP contribution in [-0.4, -0.2) is 28.1 Å². The molecule has 1 aromatic rings. The Balaban J connectivity index is 2.65. The number of rotatable bonds is 3. The summed E-state index contributed by atoms with van der Waals surface area (Å²) in [6.07, 6.45) is -0.400. The van der Waals surface area contributed by atoms with E-state index in [0.717, 1.165) is 23.1 Å². The summed E-state index contributed by atoms with van der Waals surface area (Å²) < 4.78 is 0. The van der Waals surface area contributed by atoms with Crippen molar-refractivity contribution < 1.29 is 19.4 Å². The lowest BCUT2D eigenvalue weighted by atomic mass is 10.2. The normalized spacial score (nSPS) is 14.8. The maximum absolute atomic E-state index is 11.6. The third-order valence-electron chi connectivity index (χ3n) is 2.64. The second-order valence-corrected chi connectivity index (χ2v) is 3.85. The highest BCUT2D eigenvalue weighted by Gasteiger charge is 2.38. The van der Waals surface area contributed by atoms with Crippen LogP contribution < -0.4 is 4.90 Å². The highest BCUT2D eigenvalue weighted by Crippen LogP contribution is 2.38. The molecule has 1 saturated heterocycles. The number of amides is 1. The Bertz CT molecular complexity index is 579. The lowest BCUT2D eigenvalue weighted by Gasteiger charge is -2.14. The minimum absolute atomic E-state index is 0.384. The van der Waals surface area contributed by atoms with Crippen molar-refractivity contribution in [3.63, 3.8) is 0 Å². The maximum atomic E-state index is 11.6. The van der Waals surface area contributed by atoms with E-state index >= 15 is 0 Å². The fraction of sp³-hybridized carbons (Fsp3) is 0.200. The first-order valence-corrected chi connectivity index (χ1v) is 5.15. The molecule has 98 valence electrons. The first-order chi connectivity index (χ1) is 8.91. The summed E-state index contributed by atoms with van der Waals surface area (Å²) in [6, 6.07) is 3.26. The SMILES string of the molecule is O=C1CC(=O)N(c2c([N+](=O)[O-])cccc2[N+](=O)[O-])C1. The second-order valence-electron chi connectivity index (χ2n) is 3.85. The van der Waals surface area contributed by atoms with E-state index in [4.69, 9.17) is 0 Å². The number of carbonyl (C=O) groups excluding carboxylic acids is 2. The molecule has 9 nitrogen and oxygen atoms in total. The zero-order valence-corrected chi connectivity index (χ0v) is 9.44. The molecule has 2 rings (SSSR count). The van der Waals surface area contributed by atoms with Crippen molar-refractivity contribution >= 4 is 28.8 Å². The first kappa shape index (κ1) is 12.6. The van der Waals surface area contributed by atoms with Crippen LogP contribution in [0.2, 0.25) is 0 Å². The minimum atomic E-state index is -0.821. The standard InChI is InChI=1S/C10H7N3O6/c14-6-4-9(15)11(5-6)10-7(12(16)17)2-1-3-8(10)13(18)19/h1-3H,4-5H2. The van der Waals surface area contributed by atoms with E-state index in [0.29, 0.717) is 0 Å². The molecular formula is C10H7N3O6. The fourth-order valence-corrected chi connectivity index (χ4v) is 1.88. The van der Waals surface area contributed by atoms with Crippen molar-refractivity contribution in [2.45, 2.75) is 6.42 Å². The smallest absolute Gasteiger partial charge is 0.297 e. The Morgan fingerprint density at radius 2 is 1.58 bits per heavy atom. The van der Waals surface area contributed by atoms with Gasteiger partial charge in [-0.2, -0.15) is 0 Å². The van der Waals surface area contributed by atoms with Gasteiger partial charge in [0, 0.05) is 12.1 Å². The summed E-state index contributed by atoms with van der Waals surface area (Å²) in [5.74, 6) is -1.11. The Morgan fingerprint density at radius 1 is 1.05 bits per heavy atom. The van der Waals surface area contributed by atoms with E-state index in [2.05, 4.69) is 0 Å². The number of nitro benzene ring substituents is 2. The van der Waals surface area contributed by atoms with Crippen molar-refractivity contribution in [3.8, 4) is 0 Å². The molecule has 0 bridgehead atoms. The van der Waals surface area contributed by atoms with Gasteiger partial charge >= 0.3 is 0 Å². The van der Waals surface area contributed by atoms with Gasteiger partial charge < -0.3 is 0 Å².